The summed E-state index contributed by atoms with van der Waals surface area (Å²) >= 11 is 0. The van der Waals surface area contributed by atoms with Crippen LogP contribution in [0.4, 0.5) is 0 Å². The van der Waals surface area contributed by atoms with Crippen molar-refractivity contribution in [1.29, 1.82) is 0 Å². The Balaban J connectivity index is 0. The lowest BCUT2D eigenvalue weighted by atomic mass is 10.0. The molecule has 14 nitrogen and oxygen atoms in total. The van der Waals surface area contributed by atoms with Crippen LogP contribution in [0.25, 0.3) is 0 Å². The molecule has 0 rings (SSSR count). The van der Waals surface area contributed by atoms with Crippen molar-refractivity contribution in [3.63, 3.8) is 0 Å². The molecule has 15 heteroatoms. The lowest BCUT2D eigenvalue weighted by Gasteiger charge is -2.24. The van der Waals surface area contributed by atoms with E-state index in [1.165, 1.54) is 57.8 Å². The molecule has 50 heavy (non-hydrogen) atoms. The van der Waals surface area contributed by atoms with E-state index in [-0.39, 0.29) is 30.9 Å². The second kappa shape index (κ2) is 32.1. The molecule has 0 bridgehead atoms. The van der Waals surface area contributed by atoms with E-state index in [2.05, 4.69) is 22.9 Å². The van der Waals surface area contributed by atoms with E-state index >= 15 is 0 Å². The smallest absolute Gasteiger partial charge is 0.326 e. The monoisotopic (exact) mass is 735 g/mol. The SMILES string of the molecule is CC(=O)O.CCCCCCCCCCCCCCCC(=O)N[C@@H](CCCCN)C(=O)N[C@@H](CCS(C)(=O)=O)C(=O)N[C@@H](CCCCN)C(=O)O. The molecule has 0 aromatic rings. The van der Waals surface area contributed by atoms with E-state index < -0.39 is 51.7 Å². The van der Waals surface area contributed by atoms with Gasteiger partial charge in [-0.25, -0.2) is 13.2 Å². The molecule has 0 aliphatic carbocycles. The Labute approximate surface area is 301 Å². The molecule has 0 aliphatic rings. The van der Waals surface area contributed by atoms with Crippen LogP contribution in [-0.2, 0) is 33.8 Å². The highest BCUT2D eigenvalue weighted by Gasteiger charge is 2.30. The largest absolute Gasteiger partial charge is 0.481 e. The topological polar surface area (TPSA) is 248 Å². The third-order valence-electron chi connectivity index (χ3n) is 8.08. The maximum Gasteiger partial charge on any atom is 0.326 e. The summed E-state index contributed by atoms with van der Waals surface area (Å²) < 4.78 is 23.7. The number of nitrogens with two attached hydrogens (primary N) is 2. The molecule has 0 saturated heterocycles. The zero-order valence-corrected chi connectivity index (χ0v) is 31.8. The normalized spacial score (nSPS) is 12.9. The van der Waals surface area contributed by atoms with Crippen molar-refractivity contribution in [2.45, 2.75) is 167 Å². The van der Waals surface area contributed by atoms with Gasteiger partial charge in [-0.3, -0.25) is 19.2 Å². The van der Waals surface area contributed by atoms with Gasteiger partial charge in [0.25, 0.3) is 5.97 Å². The Morgan fingerprint density at radius 3 is 1.36 bits per heavy atom. The number of hydrogen-bond acceptors (Lipinski definition) is 9. The van der Waals surface area contributed by atoms with Crippen LogP contribution >= 0.6 is 0 Å². The summed E-state index contributed by atoms with van der Waals surface area (Å²) in [7, 11) is -3.48. The molecule has 0 aromatic carbocycles. The maximum atomic E-state index is 13.3. The first-order valence-corrected chi connectivity index (χ1v) is 20.6. The van der Waals surface area contributed by atoms with E-state index in [9.17, 15) is 32.7 Å². The number of aliphatic carboxylic acids is 2. The number of sulfone groups is 1. The number of carbonyl (C=O) groups excluding carboxylic acids is 3. The number of carbonyl (C=O) groups is 5. The minimum atomic E-state index is -3.48. The van der Waals surface area contributed by atoms with Crippen molar-refractivity contribution < 1.29 is 42.6 Å². The van der Waals surface area contributed by atoms with E-state index in [4.69, 9.17) is 21.4 Å². The molecule has 3 atom stereocenters. The van der Waals surface area contributed by atoms with Crippen LogP contribution in [0.2, 0.25) is 0 Å². The van der Waals surface area contributed by atoms with Gasteiger partial charge in [-0.1, -0.05) is 84.0 Å². The van der Waals surface area contributed by atoms with Gasteiger partial charge in [0, 0.05) is 19.6 Å². The summed E-state index contributed by atoms with van der Waals surface area (Å²) in [6.45, 7) is 4.11. The van der Waals surface area contributed by atoms with Crippen molar-refractivity contribution in [1.82, 2.24) is 16.0 Å². The molecule has 294 valence electrons. The Bertz CT molecular complexity index is 1040. The second-order valence-electron chi connectivity index (χ2n) is 13.1. The molecular weight excluding hydrogens is 666 g/mol. The van der Waals surface area contributed by atoms with Crippen LogP contribution in [0.15, 0.2) is 0 Å². The molecule has 0 aromatic heterocycles. The molecule has 0 aliphatic heterocycles. The number of unbranched alkanes of at least 4 members (excludes halogenated alkanes) is 14. The molecule has 0 radical (unpaired) electrons. The molecule has 0 saturated carbocycles. The number of carboxylic acid groups (broad SMARTS) is 2. The number of carboxylic acids is 2. The van der Waals surface area contributed by atoms with E-state index in [1.54, 1.807) is 0 Å². The molecule has 9 N–H and O–H groups in total. The van der Waals surface area contributed by atoms with Gasteiger partial charge in [0.05, 0.1) is 5.75 Å². The van der Waals surface area contributed by atoms with Gasteiger partial charge in [0.15, 0.2) is 0 Å². The van der Waals surface area contributed by atoms with E-state index in [0.29, 0.717) is 51.6 Å². The Kier molecular flexibility index (Phi) is 31.7. The Hall–Kier alpha value is -2.78. The zero-order chi connectivity index (χ0) is 38.2. The summed E-state index contributed by atoms with van der Waals surface area (Å²) in [5.74, 6) is -4.15. The van der Waals surface area contributed by atoms with Crippen LogP contribution < -0.4 is 27.4 Å². The summed E-state index contributed by atoms with van der Waals surface area (Å²) in [5, 5.41) is 24.8. The van der Waals surface area contributed by atoms with Gasteiger partial charge in [0.1, 0.15) is 28.0 Å². The van der Waals surface area contributed by atoms with Gasteiger partial charge in [-0.05, 0) is 64.5 Å². The van der Waals surface area contributed by atoms with Crippen molar-refractivity contribution in [3.05, 3.63) is 0 Å². The lowest BCUT2D eigenvalue weighted by molar-refractivity contribution is -0.142. The van der Waals surface area contributed by atoms with Crippen LogP contribution in [-0.4, -0.2) is 91.5 Å². The maximum absolute atomic E-state index is 13.3. The molecule has 3 amide bonds. The summed E-state index contributed by atoms with van der Waals surface area (Å²) in [6.07, 6.45) is 19.3. The molecule has 0 heterocycles. The summed E-state index contributed by atoms with van der Waals surface area (Å²) in [4.78, 5) is 59.9. The van der Waals surface area contributed by atoms with E-state index in [0.717, 1.165) is 32.4 Å². The minimum Gasteiger partial charge on any atom is -0.481 e. The minimum absolute atomic E-state index is 0.141. The number of rotatable bonds is 31. The molecular formula is C35H69N5O9S. The third-order valence-corrected chi connectivity index (χ3v) is 9.06. The molecule has 0 fully saturated rings. The predicted molar refractivity (Wildman–Crippen MR) is 197 cm³/mol. The fourth-order valence-corrected chi connectivity index (χ4v) is 5.89. The molecule has 0 unspecified atom stereocenters. The van der Waals surface area contributed by atoms with Crippen LogP contribution in [0, 0.1) is 0 Å². The first-order chi connectivity index (χ1) is 23.7. The van der Waals surface area contributed by atoms with Crippen molar-refractivity contribution in [3.8, 4) is 0 Å². The lowest BCUT2D eigenvalue weighted by Crippen LogP contribution is -2.56. The second-order valence-corrected chi connectivity index (χ2v) is 15.3. The molecule has 0 spiro atoms. The zero-order valence-electron chi connectivity index (χ0n) is 31.0. The average Bonchev–Trinajstić information content (AvgIpc) is 3.03. The predicted octanol–water partition coefficient (Wildman–Crippen LogP) is 3.79. The fraction of sp³-hybridized carbons (Fsp3) is 0.857. The average molecular weight is 736 g/mol. The van der Waals surface area contributed by atoms with Crippen molar-refractivity contribution in [2.24, 2.45) is 11.5 Å². The van der Waals surface area contributed by atoms with E-state index in [1.807, 2.05) is 0 Å². The first kappa shape index (κ1) is 49.3. The highest BCUT2D eigenvalue weighted by atomic mass is 32.2. The summed E-state index contributed by atoms with van der Waals surface area (Å²) in [6, 6.07) is -3.44. The quantitative estimate of drug-likeness (QED) is 0.0505. The van der Waals surface area contributed by atoms with Gasteiger partial charge in [0.2, 0.25) is 17.7 Å². The van der Waals surface area contributed by atoms with Gasteiger partial charge >= 0.3 is 5.97 Å². The van der Waals surface area contributed by atoms with Crippen molar-refractivity contribution in [2.75, 3.05) is 25.1 Å². The van der Waals surface area contributed by atoms with Gasteiger partial charge in [-0.2, -0.15) is 0 Å². The van der Waals surface area contributed by atoms with Gasteiger partial charge in [-0.15, -0.1) is 0 Å². The highest BCUT2D eigenvalue weighted by molar-refractivity contribution is 7.90. The highest BCUT2D eigenvalue weighted by Crippen LogP contribution is 2.13. The first-order valence-electron chi connectivity index (χ1n) is 18.6. The van der Waals surface area contributed by atoms with Crippen molar-refractivity contribution >= 4 is 39.5 Å². The fourth-order valence-electron chi connectivity index (χ4n) is 5.23. The van der Waals surface area contributed by atoms with Gasteiger partial charge < -0.3 is 37.6 Å². The standard InChI is InChI=1S/C33H65N5O7S.C2H4O2/c1-3-4-5-6-7-8-9-10-11-12-13-14-15-22-30(39)36-27(20-16-18-24-34)31(40)37-28(23-26-46(2,44)45)32(41)38-29(33(42)43)21-17-19-25-35;1-2(3)4/h27-29H,3-26,34-35H2,1-2H3,(H,36,39)(H,37,40)(H,38,41)(H,42,43);1H3,(H,3,4)/t27-,28-,29-;/m0./s1. The van der Waals surface area contributed by atoms with Crippen LogP contribution in [0.5, 0.6) is 0 Å². The van der Waals surface area contributed by atoms with Crippen LogP contribution in [0.3, 0.4) is 0 Å². The Morgan fingerprint density at radius 1 is 0.580 bits per heavy atom. The Morgan fingerprint density at radius 2 is 0.960 bits per heavy atom. The number of amides is 3. The van der Waals surface area contributed by atoms with Crippen LogP contribution in [0.1, 0.15) is 149 Å². The number of hydrogen-bond donors (Lipinski definition) is 7. The summed E-state index contributed by atoms with van der Waals surface area (Å²) in [5.41, 5.74) is 11.1. The number of nitrogens with one attached hydrogen (secondary N) is 3. The third kappa shape index (κ3) is 32.4.